The highest BCUT2D eigenvalue weighted by Gasteiger charge is 2.25. The lowest BCUT2D eigenvalue weighted by atomic mass is 9.98. The quantitative estimate of drug-likeness (QED) is 0.662. The largest absolute Gasteiger partial charge is 0.390 e. The topological polar surface area (TPSA) is 52.6 Å². The van der Waals surface area contributed by atoms with Crippen LogP contribution in [0.5, 0.6) is 0 Å². The second-order valence-corrected chi connectivity index (χ2v) is 4.61. The van der Waals surface area contributed by atoms with Crippen molar-refractivity contribution < 1.29 is 9.90 Å². The van der Waals surface area contributed by atoms with Gasteiger partial charge in [-0.1, -0.05) is 5.92 Å². The fourth-order valence-electron chi connectivity index (χ4n) is 1.89. The standard InChI is InChI=1S/C12H20N2O2/c1-3-7-13-11(15)10-14-8-4-5-12(2,16)6-9-14/h1,16H,4-10H2,2H3,(H,13,15). The molecular weight excluding hydrogens is 204 g/mol. The Hall–Kier alpha value is -1.05. The smallest absolute Gasteiger partial charge is 0.234 e. The molecule has 1 unspecified atom stereocenters. The van der Waals surface area contributed by atoms with Crippen LogP contribution in [0.1, 0.15) is 26.2 Å². The maximum atomic E-state index is 11.4. The number of likely N-dealkylation sites (tertiary alicyclic amines) is 1. The number of hydrogen-bond donors (Lipinski definition) is 2. The molecule has 0 radical (unpaired) electrons. The molecule has 1 heterocycles. The molecule has 0 aromatic heterocycles. The number of nitrogens with zero attached hydrogens (tertiary/aromatic N) is 1. The number of nitrogens with one attached hydrogen (secondary N) is 1. The summed E-state index contributed by atoms with van der Waals surface area (Å²) in [4.78, 5) is 13.5. The number of aliphatic hydroxyl groups is 1. The zero-order valence-corrected chi connectivity index (χ0v) is 9.83. The third kappa shape index (κ3) is 4.65. The maximum Gasteiger partial charge on any atom is 0.234 e. The Morgan fingerprint density at radius 3 is 3.00 bits per heavy atom. The van der Waals surface area contributed by atoms with Gasteiger partial charge in [0, 0.05) is 6.54 Å². The third-order valence-corrected chi connectivity index (χ3v) is 2.91. The van der Waals surface area contributed by atoms with E-state index in [1.807, 2.05) is 6.92 Å². The zero-order valence-electron chi connectivity index (χ0n) is 9.83. The summed E-state index contributed by atoms with van der Waals surface area (Å²) in [6.45, 7) is 4.13. The summed E-state index contributed by atoms with van der Waals surface area (Å²) in [5, 5.41) is 12.5. The fourth-order valence-corrected chi connectivity index (χ4v) is 1.89. The van der Waals surface area contributed by atoms with Gasteiger partial charge in [-0.05, 0) is 32.7 Å². The van der Waals surface area contributed by atoms with Crippen molar-refractivity contribution in [1.82, 2.24) is 10.2 Å². The predicted molar refractivity (Wildman–Crippen MR) is 62.8 cm³/mol. The summed E-state index contributed by atoms with van der Waals surface area (Å²) in [6.07, 6.45) is 7.50. The van der Waals surface area contributed by atoms with Crippen LogP contribution in [0.4, 0.5) is 0 Å². The van der Waals surface area contributed by atoms with E-state index in [2.05, 4.69) is 16.1 Å². The van der Waals surface area contributed by atoms with Gasteiger partial charge in [-0.2, -0.15) is 0 Å². The molecule has 1 aliphatic heterocycles. The highest BCUT2D eigenvalue weighted by Crippen LogP contribution is 2.20. The van der Waals surface area contributed by atoms with E-state index in [1.165, 1.54) is 0 Å². The van der Waals surface area contributed by atoms with Crippen molar-refractivity contribution in [1.29, 1.82) is 0 Å². The first-order chi connectivity index (χ1) is 7.53. The molecule has 1 rings (SSSR count). The first-order valence-corrected chi connectivity index (χ1v) is 5.68. The average Bonchev–Trinajstić information content (AvgIpc) is 2.37. The van der Waals surface area contributed by atoms with Gasteiger partial charge in [-0.25, -0.2) is 0 Å². The van der Waals surface area contributed by atoms with Gasteiger partial charge in [-0.15, -0.1) is 6.42 Å². The lowest BCUT2D eigenvalue weighted by molar-refractivity contribution is -0.122. The van der Waals surface area contributed by atoms with E-state index in [0.29, 0.717) is 6.54 Å². The second kappa shape index (κ2) is 5.88. The van der Waals surface area contributed by atoms with E-state index >= 15 is 0 Å². The van der Waals surface area contributed by atoms with Gasteiger partial charge in [0.05, 0.1) is 18.7 Å². The van der Waals surface area contributed by atoms with E-state index in [1.54, 1.807) is 0 Å². The summed E-state index contributed by atoms with van der Waals surface area (Å²) < 4.78 is 0. The SMILES string of the molecule is C#CCNC(=O)CN1CCCC(C)(O)CC1. The summed E-state index contributed by atoms with van der Waals surface area (Å²) in [6, 6.07) is 0. The van der Waals surface area contributed by atoms with E-state index in [-0.39, 0.29) is 12.5 Å². The Morgan fingerprint density at radius 2 is 2.31 bits per heavy atom. The summed E-state index contributed by atoms with van der Waals surface area (Å²) in [5.74, 6) is 2.33. The fraction of sp³-hybridized carbons (Fsp3) is 0.750. The first kappa shape index (κ1) is 13.0. The Morgan fingerprint density at radius 1 is 1.56 bits per heavy atom. The highest BCUT2D eigenvalue weighted by molar-refractivity contribution is 5.78. The molecule has 1 atom stereocenters. The van der Waals surface area contributed by atoms with Crippen molar-refractivity contribution in [2.75, 3.05) is 26.2 Å². The molecule has 1 amide bonds. The molecule has 2 N–H and O–H groups in total. The van der Waals surface area contributed by atoms with Gasteiger partial charge >= 0.3 is 0 Å². The van der Waals surface area contributed by atoms with Crippen LogP contribution in [0, 0.1) is 12.3 Å². The minimum atomic E-state index is -0.579. The summed E-state index contributed by atoms with van der Waals surface area (Å²) >= 11 is 0. The van der Waals surface area contributed by atoms with Crippen LogP contribution in [0.25, 0.3) is 0 Å². The molecular formula is C12H20N2O2. The van der Waals surface area contributed by atoms with Crippen molar-refractivity contribution >= 4 is 5.91 Å². The second-order valence-electron chi connectivity index (χ2n) is 4.61. The van der Waals surface area contributed by atoms with Crippen LogP contribution < -0.4 is 5.32 Å². The Labute approximate surface area is 97.0 Å². The molecule has 0 aromatic carbocycles. The highest BCUT2D eigenvalue weighted by atomic mass is 16.3. The monoisotopic (exact) mass is 224 g/mol. The number of hydrogen-bond acceptors (Lipinski definition) is 3. The number of carbonyl (C=O) groups is 1. The minimum absolute atomic E-state index is 0.0421. The molecule has 16 heavy (non-hydrogen) atoms. The van der Waals surface area contributed by atoms with E-state index in [4.69, 9.17) is 6.42 Å². The zero-order chi connectivity index (χ0) is 12.0. The molecule has 4 nitrogen and oxygen atoms in total. The van der Waals surface area contributed by atoms with Crippen molar-refractivity contribution in [3.05, 3.63) is 0 Å². The Kier molecular flexibility index (Phi) is 4.78. The third-order valence-electron chi connectivity index (χ3n) is 2.91. The minimum Gasteiger partial charge on any atom is -0.390 e. The molecule has 0 spiro atoms. The Bertz CT molecular complexity index is 281. The molecule has 0 aliphatic carbocycles. The summed E-state index contributed by atoms with van der Waals surface area (Å²) in [7, 11) is 0. The lowest BCUT2D eigenvalue weighted by Crippen LogP contribution is -2.38. The molecule has 4 heteroatoms. The number of terminal acetylenes is 1. The van der Waals surface area contributed by atoms with Crippen LogP contribution in [0.2, 0.25) is 0 Å². The molecule has 90 valence electrons. The van der Waals surface area contributed by atoms with Crippen molar-refractivity contribution in [2.24, 2.45) is 0 Å². The predicted octanol–water partition coefficient (Wildman–Crippen LogP) is -0.0273. The molecule has 1 saturated heterocycles. The van der Waals surface area contributed by atoms with Crippen LogP contribution in [-0.4, -0.2) is 47.7 Å². The normalized spacial score (nSPS) is 26.8. The summed E-state index contributed by atoms with van der Waals surface area (Å²) in [5.41, 5.74) is -0.579. The molecule has 1 fully saturated rings. The first-order valence-electron chi connectivity index (χ1n) is 5.68. The van der Waals surface area contributed by atoms with Crippen LogP contribution in [-0.2, 0) is 4.79 Å². The van der Waals surface area contributed by atoms with Gasteiger partial charge in [0.2, 0.25) is 5.91 Å². The molecule has 0 bridgehead atoms. The van der Waals surface area contributed by atoms with Crippen LogP contribution >= 0.6 is 0 Å². The molecule has 0 aromatic rings. The maximum absolute atomic E-state index is 11.4. The van der Waals surface area contributed by atoms with Gasteiger partial charge in [0.25, 0.3) is 0 Å². The lowest BCUT2D eigenvalue weighted by Gasteiger charge is -2.21. The molecule has 1 aliphatic rings. The number of carbonyl (C=O) groups excluding carboxylic acids is 1. The van der Waals surface area contributed by atoms with E-state index < -0.39 is 5.60 Å². The van der Waals surface area contributed by atoms with E-state index in [9.17, 15) is 9.90 Å². The van der Waals surface area contributed by atoms with E-state index in [0.717, 1.165) is 32.4 Å². The molecule has 0 saturated carbocycles. The van der Waals surface area contributed by atoms with Gasteiger partial charge in [0.15, 0.2) is 0 Å². The van der Waals surface area contributed by atoms with Gasteiger partial charge in [0.1, 0.15) is 0 Å². The van der Waals surface area contributed by atoms with Crippen LogP contribution in [0.3, 0.4) is 0 Å². The van der Waals surface area contributed by atoms with Crippen molar-refractivity contribution in [3.8, 4) is 12.3 Å². The van der Waals surface area contributed by atoms with Crippen molar-refractivity contribution in [2.45, 2.75) is 31.8 Å². The number of amides is 1. The van der Waals surface area contributed by atoms with Gasteiger partial charge < -0.3 is 10.4 Å². The van der Waals surface area contributed by atoms with Gasteiger partial charge in [-0.3, -0.25) is 9.69 Å². The average molecular weight is 224 g/mol. The van der Waals surface area contributed by atoms with Crippen molar-refractivity contribution in [3.63, 3.8) is 0 Å². The number of rotatable bonds is 3. The van der Waals surface area contributed by atoms with Crippen LogP contribution in [0.15, 0.2) is 0 Å². The Balaban J connectivity index is 2.33.